The monoisotopic (exact) mass is 305 g/mol. The van der Waals surface area contributed by atoms with Gasteiger partial charge in [0.25, 0.3) is 0 Å². The topological polar surface area (TPSA) is 64.6 Å². The molecule has 0 bridgehead atoms. The van der Waals surface area contributed by atoms with E-state index in [0.29, 0.717) is 13.0 Å². The van der Waals surface area contributed by atoms with Crippen molar-refractivity contribution in [3.05, 3.63) is 24.3 Å². The Morgan fingerprint density at radius 2 is 2.00 bits per heavy atom. The molecule has 2 amide bonds. The van der Waals surface area contributed by atoms with E-state index in [9.17, 15) is 9.90 Å². The smallest absolute Gasteiger partial charge is 0.319 e. The molecule has 0 aliphatic carbocycles. The van der Waals surface area contributed by atoms with Crippen LogP contribution in [-0.2, 0) is 0 Å². The minimum absolute atomic E-state index is 0.228. The first-order chi connectivity index (χ1) is 10.6. The Morgan fingerprint density at radius 3 is 2.68 bits per heavy atom. The molecule has 1 aliphatic rings. The number of urea groups is 1. The molecule has 1 aliphatic heterocycles. The highest BCUT2D eigenvalue weighted by Crippen LogP contribution is 2.22. The molecule has 5 heteroatoms. The molecule has 1 unspecified atom stereocenters. The summed E-state index contributed by atoms with van der Waals surface area (Å²) < 4.78 is 0. The van der Waals surface area contributed by atoms with Gasteiger partial charge in [-0.25, -0.2) is 4.79 Å². The fourth-order valence-electron chi connectivity index (χ4n) is 2.68. The fraction of sp³-hybridized carbons (Fsp3) is 0.588. The Labute approximate surface area is 132 Å². The average Bonchev–Trinajstić information content (AvgIpc) is 2.76. The van der Waals surface area contributed by atoms with E-state index in [4.69, 9.17) is 0 Å². The van der Waals surface area contributed by atoms with Crippen molar-refractivity contribution in [1.29, 1.82) is 0 Å². The molecule has 5 nitrogen and oxygen atoms in total. The molecule has 1 fully saturated rings. The summed E-state index contributed by atoms with van der Waals surface area (Å²) in [7, 11) is 0. The SMILES string of the molecule is CC(O)CCNC(=O)Nc1cccc(N2CCCCCC2)c1. The predicted molar refractivity (Wildman–Crippen MR) is 90.4 cm³/mol. The molecular weight excluding hydrogens is 278 g/mol. The van der Waals surface area contributed by atoms with Gasteiger partial charge in [-0.3, -0.25) is 0 Å². The predicted octanol–water partition coefficient (Wildman–Crippen LogP) is 2.96. The summed E-state index contributed by atoms with van der Waals surface area (Å²) in [5.74, 6) is 0. The quantitative estimate of drug-likeness (QED) is 0.783. The van der Waals surface area contributed by atoms with Crippen LogP contribution in [0, 0.1) is 0 Å². The number of rotatable bonds is 5. The second-order valence-electron chi connectivity index (χ2n) is 5.97. The van der Waals surface area contributed by atoms with Crippen molar-refractivity contribution in [3.8, 4) is 0 Å². The fourth-order valence-corrected chi connectivity index (χ4v) is 2.68. The van der Waals surface area contributed by atoms with Gasteiger partial charge in [0.05, 0.1) is 6.10 Å². The third kappa shape index (κ3) is 5.56. The summed E-state index contributed by atoms with van der Waals surface area (Å²) in [4.78, 5) is 14.2. The number of carbonyl (C=O) groups is 1. The van der Waals surface area contributed by atoms with E-state index in [1.54, 1.807) is 6.92 Å². The van der Waals surface area contributed by atoms with Crippen molar-refractivity contribution in [2.75, 3.05) is 29.9 Å². The zero-order chi connectivity index (χ0) is 15.8. The molecule has 1 atom stereocenters. The standard InChI is InChI=1S/C17H27N3O2/c1-14(21)9-10-18-17(22)19-15-7-6-8-16(13-15)20-11-4-2-3-5-12-20/h6-8,13-14,21H,2-5,9-12H2,1H3,(H2,18,19,22). The van der Waals surface area contributed by atoms with Crippen molar-refractivity contribution in [1.82, 2.24) is 5.32 Å². The third-order valence-corrected chi connectivity index (χ3v) is 3.92. The van der Waals surface area contributed by atoms with Gasteiger partial charge in [0.2, 0.25) is 0 Å². The summed E-state index contributed by atoms with van der Waals surface area (Å²) >= 11 is 0. The molecule has 1 heterocycles. The van der Waals surface area contributed by atoms with E-state index < -0.39 is 6.10 Å². The van der Waals surface area contributed by atoms with Crippen molar-refractivity contribution in [2.45, 2.75) is 45.1 Å². The molecule has 0 aromatic heterocycles. The van der Waals surface area contributed by atoms with E-state index in [1.807, 2.05) is 18.2 Å². The Kier molecular flexibility index (Phi) is 6.52. The van der Waals surface area contributed by atoms with Gasteiger partial charge >= 0.3 is 6.03 Å². The Balaban J connectivity index is 1.89. The number of benzene rings is 1. The first-order valence-corrected chi connectivity index (χ1v) is 8.23. The molecule has 1 aromatic rings. The molecule has 3 N–H and O–H groups in total. The van der Waals surface area contributed by atoms with Gasteiger partial charge in [-0.15, -0.1) is 0 Å². The molecule has 1 saturated heterocycles. The number of anilines is 2. The highest BCUT2D eigenvalue weighted by molar-refractivity contribution is 5.89. The average molecular weight is 305 g/mol. The van der Waals surface area contributed by atoms with Crippen LogP contribution in [0.4, 0.5) is 16.2 Å². The maximum Gasteiger partial charge on any atom is 0.319 e. The minimum atomic E-state index is -0.397. The normalized spacial score (nSPS) is 16.7. The van der Waals surface area contributed by atoms with Gasteiger partial charge in [0.15, 0.2) is 0 Å². The maximum atomic E-state index is 11.8. The van der Waals surface area contributed by atoms with E-state index >= 15 is 0 Å². The van der Waals surface area contributed by atoms with Crippen molar-refractivity contribution >= 4 is 17.4 Å². The van der Waals surface area contributed by atoms with Gasteiger partial charge in [0, 0.05) is 31.0 Å². The molecule has 0 radical (unpaired) electrons. The second kappa shape index (κ2) is 8.63. The Morgan fingerprint density at radius 1 is 1.27 bits per heavy atom. The number of aliphatic hydroxyl groups is 1. The van der Waals surface area contributed by atoms with Crippen LogP contribution in [0.5, 0.6) is 0 Å². The number of hydrogen-bond acceptors (Lipinski definition) is 3. The Hall–Kier alpha value is -1.75. The lowest BCUT2D eigenvalue weighted by Crippen LogP contribution is -2.31. The van der Waals surface area contributed by atoms with Crippen LogP contribution < -0.4 is 15.5 Å². The van der Waals surface area contributed by atoms with Crippen molar-refractivity contribution < 1.29 is 9.90 Å². The number of aliphatic hydroxyl groups excluding tert-OH is 1. The third-order valence-electron chi connectivity index (χ3n) is 3.92. The molecule has 0 saturated carbocycles. The van der Waals surface area contributed by atoms with Gasteiger partial charge in [-0.05, 0) is 44.4 Å². The summed E-state index contributed by atoms with van der Waals surface area (Å²) in [6.45, 7) is 4.35. The molecule has 1 aromatic carbocycles. The van der Waals surface area contributed by atoms with Crippen LogP contribution in [0.2, 0.25) is 0 Å². The van der Waals surface area contributed by atoms with Crippen LogP contribution in [0.1, 0.15) is 39.0 Å². The van der Waals surface area contributed by atoms with Gasteiger partial charge < -0.3 is 20.6 Å². The Bertz CT molecular complexity index is 469. The van der Waals surface area contributed by atoms with Crippen molar-refractivity contribution in [2.24, 2.45) is 0 Å². The summed E-state index contributed by atoms with van der Waals surface area (Å²) in [6.07, 6.45) is 5.24. The van der Waals surface area contributed by atoms with Crippen molar-refractivity contribution in [3.63, 3.8) is 0 Å². The first kappa shape index (κ1) is 16.6. The summed E-state index contributed by atoms with van der Waals surface area (Å²) in [5.41, 5.74) is 1.97. The van der Waals surface area contributed by atoms with E-state index in [2.05, 4.69) is 21.6 Å². The highest BCUT2D eigenvalue weighted by atomic mass is 16.3. The summed E-state index contributed by atoms with van der Waals surface area (Å²) in [6, 6.07) is 7.77. The highest BCUT2D eigenvalue weighted by Gasteiger charge is 2.10. The van der Waals surface area contributed by atoms with Crippen LogP contribution in [0.15, 0.2) is 24.3 Å². The molecule has 2 rings (SSSR count). The lowest BCUT2D eigenvalue weighted by atomic mass is 10.2. The van der Waals surface area contributed by atoms with E-state index in [1.165, 1.54) is 31.4 Å². The number of nitrogens with zero attached hydrogens (tertiary/aromatic N) is 1. The van der Waals surface area contributed by atoms with Gasteiger partial charge in [-0.1, -0.05) is 18.9 Å². The molecule has 22 heavy (non-hydrogen) atoms. The zero-order valence-corrected chi connectivity index (χ0v) is 13.3. The molecule has 122 valence electrons. The van der Waals surface area contributed by atoms with Crippen LogP contribution in [0.3, 0.4) is 0 Å². The van der Waals surface area contributed by atoms with Crippen LogP contribution >= 0.6 is 0 Å². The molecular formula is C17H27N3O2. The lowest BCUT2D eigenvalue weighted by molar-refractivity contribution is 0.184. The lowest BCUT2D eigenvalue weighted by Gasteiger charge is -2.23. The largest absolute Gasteiger partial charge is 0.393 e. The number of hydrogen-bond donors (Lipinski definition) is 3. The second-order valence-corrected chi connectivity index (χ2v) is 5.97. The number of amides is 2. The van der Waals surface area contributed by atoms with E-state index in [0.717, 1.165) is 18.8 Å². The van der Waals surface area contributed by atoms with E-state index in [-0.39, 0.29) is 6.03 Å². The molecule has 0 spiro atoms. The van der Waals surface area contributed by atoms with Gasteiger partial charge in [0.1, 0.15) is 0 Å². The number of carbonyl (C=O) groups excluding carboxylic acids is 1. The summed E-state index contributed by atoms with van der Waals surface area (Å²) in [5, 5.41) is 14.8. The first-order valence-electron chi connectivity index (χ1n) is 8.23. The van der Waals surface area contributed by atoms with Gasteiger partial charge in [-0.2, -0.15) is 0 Å². The number of nitrogens with one attached hydrogen (secondary N) is 2. The van der Waals surface area contributed by atoms with Crippen LogP contribution in [0.25, 0.3) is 0 Å². The minimum Gasteiger partial charge on any atom is -0.393 e. The van der Waals surface area contributed by atoms with Crippen LogP contribution in [-0.4, -0.2) is 36.9 Å². The zero-order valence-electron chi connectivity index (χ0n) is 13.3. The maximum absolute atomic E-state index is 11.8.